The Morgan fingerprint density at radius 1 is 1.06 bits per heavy atom. The third-order valence-electron chi connectivity index (χ3n) is 6.85. The summed E-state index contributed by atoms with van der Waals surface area (Å²) in [6.45, 7) is 7.68. The second-order valence-corrected chi connectivity index (χ2v) is 8.98. The lowest BCUT2D eigenvalue weighted by Gasteiger charge is -2.39. The van der Waals surface area contributed by atoms with Crippen LogP contribution in [0.5, 0.6) is 17.4 Å². The molecule has 0 saturated carbocycles. The van der Waals surface area contributed by atoms with Gasteiger partial charge >= 0.3 is 0 Å². The number of H-pyrrole nitrogens is 1. The Balaban J connectivity index is 1.63. The van der Waals surface area contributed by atoms with Gasteiger partial charge in [0.15, 0.2) is 17.4 Å². The van der Waals surface area contributed by atoms with Gasteiger partial charge in [-0.25, -0.2) is 0 Å². The number of nitrogens with zero attached hydrogens (tertiary/aromatic N) is 2. The first-order valence-corrected chi connectivity index (χ1v) is 11.8. The summed E-state index contributed by atoms with van der Waals surface area (Å²) in [5.74, 6) is 1.33. The van der Waals surface area contributed by atoms with Crippen LogP contribution in [-0.4, -0.2) is 47.0 Å². The van der Waals surface area contributed by atoms with Crippen LogP contribution < -0.4 is 9.47 Å². The minimum absolute atomic E-state index is 0.102. The SMILES string of the molecule is CCC(=Nc1ccc(CN2C(C)CCCC2C)cc1)c1c(O)[nH]c2cc(OC)c(OC)cc12. The number of benzene rings is 2. The smallest absolute Gasteiger partial charge is 0.198 e. The van der Waals surface area contributed by atoms with Crippen molar-refractivity contribution in [3.63, 3.8) is 0 Å². The number of ether oxygens (including phenoxy) is 2. The van der Waals surface area contributed by atoms with E-state index < -0.39 is 0 Å². The summed E-state index contributed by atoms with van der Waals surface area (Å²) in [7, 11) is 3.21. The third kappa shape index (κ3) is 4.71. The molecule has 0 radical (unpaired) electrons. The molecule has 6 nitrogen and oxygen atoms in total. The van der Waals surface area contributed by atoms with Crippen LogP contribution >= 0.6 is 0 Å². The standard InChI is InChI=1S/C27H35N3O3/c1-6-22(26-21-14-24(32-4)25(33-5)15-23(21)29-27(26)31)28-20-12-10-19(11-13-20)16-30-17(2)8-7-9-18(30)3/h10-15,17-18,29,31H,6-9,16H2,1-5H3. The monoisotopic (exact) mass is 449 g/mol. The van der Waals surface area contributed by atoms with E-state index in [-0.39, 0.29) is 5.88 Å². The molecule has 1 aromatic heterocycles. The summed E-state index contributed by atoms with van der Waals surface area (Å²) in [4.78, 5) is 10.5. The number of methoxy groups -OCH3 is 2. The number of aromatic amines is 1. The minimum Gasteiger partial charge on any atom is -0.494 e. The lowest BCUT2D eigenvalue weighted by molar-refractivity contribution is 0.0953. The number of rotatable bonds is 7. The number of likely N-dealkylation sites (tertiary alicyclic amines) is 1. The van der Waals surface area contributed by atoms with Crippen molar-refractivity contribution in [1.82, 2.24) is 9.88 Å². The number of hydrogen-bond acceptors (Lipinski definition) is 5. The lowest BCUT2D eigenvalue weighted by Crippen LogP contribution is -2.42. The molecule has 1 fully saturated rings. The Bertz CT molecular complexity index is 1120. The Hall–Kier alpha value is -2.99. The van der Waals surface area contributed by atoms with Gasteiger partial charge in [-0.2, -0.15) is 0 Å². The molecule has 0 aliphatic carbocycles. The van der Waals surface area contributed by atoms with Crippen LogP contribution in [0.15, 0.2) is 41.4 Å². The van der Waals surface area contributed by atoms with Crippen LogP contribution in [0, 0.1) is 0 Å². The Morgan fingerprint density at radius 2 is 1.70 bits per heavy atom. The van der Waals surface area contributed by atoms with Crippen molar-refractivity contribution in [2.75, 3.05) is 14.2 Å². The van der Waals surface area contributed by atoms with Crippen molar-refractivity contribution < 1.29 is 14.6 Å². The molecule has 2 aromatic carbocycles. The highest BCUT2D eigenvalue weighted by Crippen LogP contribution is 2.37. The van der Waals surface area contributed by atoms with Crippen molar-refractivity contribution in [1.29, 1.82) is 0 Å². The molecular formula is C27H35N3O3. The van der Waals surface area contributed by atoms with Crippen LogP contribution in [0.25, 0.3) is 10.9 Å². The second kappa shape index (κ2) is 9.87. The summed E-state index contributed by atoms with van der Waals surface area (Å²) in [6, 6.07) is 13.4. The highest BCUT2D eigenvalue weighted by Gasteiger charge is 2.24. The van der Waals surface area contributed by atoms with Crippen molar-refractivity contribution in [3.05, 3.63) is 47.5 Å². The zero-order valence-corrected chi connectivity index (χ0v) is 20.3. The predicted molar refractivity (Wildman–Crippen MR) is 134 cm³/mol. The number of aliphatic imine (C=N–C) groups is 1. The van der Waals surface area contributed by atoms with Crippen LogP contribution in [0.3, 0.4) is 0 Å². The van der Waals surface area contributed by atoms with E-state index in [0.717, 1.165) is 28.8 Å². The fraction of sp³-hybridized carbons (Fsp3) is 0.444. The van der Waals surface area contributed by atoms with Gasteiger partial charge in [-0.3, -0.25) is 9.89 Å². The summed E-state index contributed by atoms with van der Waals surface area (Å²) < 4.78 is 10.9. The van der Waals surface area contributed by atoms with Gasteiger partial charge < -0.3 is 19.6 Å². The summed E-state index contributed by atoms with van der Waals surface area (Å²) in [5, 5.41) is 11.6. The first kappa shape index (κ1) is 23.2. The summed E-state index contributed by atoms with van der Waals surface area (Å²) >= 11 is 0. The zero-order valence-electron chi connectivity index (χ0n) is 20.3. The molecule has 0 bridgehead atoms. The summed E-state index contributed by atoms with van der Waals surface area (Å²) in [5.41, 5.74) is 4.48. The zero-order chi connectivity index (χ0) is 23.5. The number of fused-ring (bicyclic) bond motifs is 1. The summed E-state index contributed by atoms with van der Waals surface area (Å²) in [6.07, 6.45) is 4.56. The molecular weight excluding hydrogens is 414 g/mol. The maximum Gasteiger partial charge on any atom is 0.198 e. The maximum absolute atomic E-state index is 10.7. The first-order valence-electron chi connectivity index (χ1n) is 11.8. The van der Waals surface area contributed by atoms with E-state index >= 15 is 0 Å². The third-order valence-corrected chi connectivity index (χ3v) is 6.85. The molecule has 0 amide bonds. The van der Waals surface area contributed by atoms with Crippen LogP contribution in [0.2, 0.25) is 0 Å². The molecule has 1 aliphatic rings. The number of piperidine rings is 1. The molecule has 2 unspecified atom stereocenters. The van der Waals surface area contributed by atoms with Gasteiger partial charge in [0.2, 0.25) is 0 Å². The van der Waals surface area contributed by atoms with Gasteiger partial charge in [0.05, 0.1) is 36.7 Å². The van der Waals surface area contributed by atoms with E-state index in [9.17, 15) is 5.11 Å². The van der Waals surface area contributed by atoms with E-state index in [1.54, 1.807) is 14.2 Å². The van der Waals surface area contributed by atoms with Gasteiger partial charge in [0.1, 0.15) is 0 Å². The average molecular weight is 450 g/mol. The van der Waals surface area contributed by atoms with Gasteiger partial charge in [-0.05, 0) is 56.9 Å². The Kier molecular flexibility index (Phi) is 6.94. The molecule has 33 heavy (non-hydrogen) atoms. The van der Waals surface area contributed by atoms with Gasteiger partial charge in [0.25, 0.3) is 0 Å². The number of nitrogens with one attached hydrogen (secondary N) is 1. The van der Waals surface area contributed by atoms with Crippen LogP contribution in [0.4, 0.5) is 5.69 Å². The topological polar surface area (TPSA) is 70.1 Å². The van der Waals surface area contributed by atoms with E-state index in [2.05, 4.69) is 48.0 Å². The number of aromatic hydroxyl groups is 1. The number of hydrogen-bond donors (Lipinski definition) is 2. The minimum atomic E-state index is 0.102. The molecule has 2 heterocycles. The van der Waals surface area contributed by atoms with E-state index in [0.29, 0.717) is 35.6 Å². The highest BCUT2D eigenvalue weighted by atomic mass is 16.5. The second-order valence-electron chi connectivity index (χ2n) is 8.98. The molecule has 2 N–H and O–H groups in total. The normalized spacial score (nSPS) is 19.7. The van der Waals surface area contributed by atoms with E-state index in [4.69, 9.17) is 14.5 Å². The van der Waals surface area contributed by atoms with Crippen molar-refractivity contribution in [3.8, 4) is 17.4 Å². The highest BCUT2D eigenvalue weighted by molar-refractivity contribution is 6.14. The quantitative estimate of drug-likeness (QED) is 0.422. The number of aromatic nitrogens is 1. The molecule has 4 rings (SSSR count). The van der Waals surface area contributed by atoms with E-state index in [1.165, 1.54) is 24.8 Å². The molecule has 1 aliphatic heterocycles. The molecule has 6 heteroatoms. The van der Waals surface area contributed by atoms with E-state index in [1.807, 2.05) is 19.1 Å². The van der Waals surface area contributed by atoms with Crippen molar-refractivity contribution >= 4 is 22.3 Å². The fourth-order valence-electron chi connectivity index (χ4n) is 4.94. The molecule has 3 aromatic rings. The molecule has 0 spiro atoms. The van der Waals surface area contributed by atoms with Crippen molar-refractivity contribution in [2.24, 2.45) is 4.99 Å². The predicted octanol–water partition coefficient (Wildman–Crippen LogP) is 6.18. The molecule has 1 saturated heterocycles. The molecule has 2 atom stereocenters. The average Bonchev–Trinajstić information content (AvgIpc) is 3.14. The van der Waals surface area contributed by atoms with Crippen molar-refractivity contribution in [2.45, 2.75) is 65.1 Å². The molecule has 176 valence electrons. The Morgan fingerprint density at radius 3 is 2.30 bits per heavy atom. The fourth-order valence-corrected chi connectivity index (χ4v) is 4.94. The first-order chi connectivity index (χ1) is 15.9. The lowest BCUT2D eigenvalue weighted by atomic mass is 9.97. The van der Waals surface area contributed by atoms with Gasteiger partial charge in [0, 0.05) is 30.1 Å². The van der Waals surface area contributed by atoms with Crippen LogP contribution in [0.1, 0.15) is 57.6 Å². The van der Waals surface area contributed by atoms with Gasteiger partial charge in [-0.1, -0.05) is 25.5 Å². The maximum atomic E-state index is 10.7. The van der Waals surface area contributed by atoms with Gasteiger partial charge in [-0.15, -0.1) is 0 Å². The largest absolute Gasteiger partial charge is 0.494 e. The Labute approximate surface area is 196 Å². The van der Waals surface area contributed by atoms with Crippen LogP contribution in [-0.2, 0) is 6.54 Å².